The number of rotatable bonds is 6. The van der Waals surface area contributed by atoms with Crippen LogP contribution in [-0.2, 0) is 11.3 Å². The lowest BCUT2D eigenvalue weighted by Gasteiger charge is -2.08. The molecular formula is C15H20N4OS. The smallest absolute Gasteiger partial charge is 0.157 e. The van der Waals surface area contributed by atoms with Crippen molar-refractivity contribution in [1.29, 1.82) is 0 Å². The van der Waals surface area contributed by atoms with Crippen LogP contribution >= 0.6 is 11.8 Å². The molecule has 0 unspecified atom stereocenters. The summed E-state index contributed by atoms with van der Waals surface area (Å²) in [4.78, 5) is 9.92. The van der Waals surface area contributed by atoms with Gasteiger partial charge in [0.15, 0.2) is 5.82 Å². The summed E-state index contributed by atoms with van der Waals surface area (Å²) < 4.78 is 5.36. The van der Waals surface area contributed by atoms with Crippen molar-refractivity contribution >= 4 is 17.6 Å². The van der Waals surface area contributed by atoms with Crippen molar-refractivity contribution in [2.24, 2.45) is 5.84 Å². The predicted octanol–water partition coefficient (Wildman–Crippen LogP) is 3.07. The quantitative estimate of drug-likeness (QED) is 0.485. The fourth-order valence-electron chi connectivity index (χ4n) is 1.76. The van der Waals surface area contributed by atoms with Crippen LogP contribution in [-0.4, -0.2) is 16.6 Å². The molecule has 0 atom stereocenters. The highest BCUT2D eigenvalue weighted by Gasteiger charge is 2.07. The molecule has 0 amide bonds. The molecule has 0 aliphatic heterocycles. The first-order chi connectivity index (χ1) is 10.1. The van der Waals surface area contributed by atoms with E-state index in [0.29, 0.717) is 24.9 Å². The maximum atomic E-state index is 5.46. The van der Waals surface area contributed by atoms with E-state index in [1.54, 1.807) is 11.8 Å². The van der Waals surface area contributed by atoms with Crippen LogP contribution in [0.1, 0.15) is 23.9 Å². The van der Waals surface area contributed by atoms with E-state index in [4.69, 9.17) is 10.6 Å². The number of anilines is 1. The van der Waals surface area contributed by atoms with Crippen molar-refractivity contribution in [3.05, 3.63) is 41.2 Å². The van der Waals surface area contributed by atoms with E-state index >= 15 is 0 Å². The summed E-state index contributed by atoms with van der Waals surface area (Å²) in [6.45, 7) is 7.16. The normalized spacial score (nSPS) is 10.7. The number of nitrogens with one attached hydrogen (secondary N) is 1. The fraction of sp³-hybridized carbons (Fsp3) is 0.333. The number of hydrogen-bond donors (Lipinski definition) is 2. The van der Waals surface area contributed by atoms with Crippen molar-refractivity contribution in [3.8, 4) is 0 Å². The Morgan fingerprint density at radius 3 is 2.67 bits per heavy atom. The first-order valence-electron chi connectivity index (χ1n) is 6.79. The Morgan fingerprint density at radius 2 is 2.00 bits per heavy atom. The summed E-state index contributed by atoms with van der Waals surface area (Å²) in [7, 11) is 0. The zero-order chi connectivity index (χ0) is 15.2. The van der Waals surface area contributed by atoms with Crippen molar-refractivity contribution in [2.45, 2.75) is 37.3 Å². The molecule has 6 heteroatoms. The van der Waals surface area contributed by atoms with Crippen LogP contribution in [0.4, 0.5) is 5.82 Å². The lowest BCUT2D eigenvalue weighted by Crippen LogP contribution is -2.11. The van der Waals surface area contributed by atoms with Gasteiger partial charge in [0.1, 0.15) is 17.5 Å². The second kappa shape index (κ2) is 7.40. The Morgan fingerprint density at radius 1 is 1.19 bits per heavy atom. The topological polar surface area (TPSA) is 73.1 Å². The van der Waals surface area contributed by atoms with Gasteiger partial charge in [-0.3, -0.25) is 0 Å². The Hall–Kier alpha value is -1.63. The summed E-state index contributed by atoms with van der Waals surface area (Å²) in [6.07, 6.45) is 0. The Labute approximate surface area is 129 Å². The van der Waals surface area contributed by atoms with Crippen molar-refractivity contribution in [1.82, 2.24) is 9.97 Å². The van der Waals surface area contributed by atoms with Crippen molar-refractivity contribution in [2.75, 3.05) is 12.0 Å². The van der Waals surface area contributed by atoms with Gasteiger partial charge in [0.2, 0.25) is 0 Å². The molecule has 5 nitrogen and oxygen atoms in total. The van der Waals surface area contributed by atoms with Crippen molar-refractivity contribution < 1.29 is 4.74 Å². The van der Waals surface area contributed by atoms with Gasteiger partial charge in [-0.15, -0.1) is 0 Å². The molecule has 0 bridgehead atoms. The third-order valence-electron chi connectivity index (χ3n) is 3.03. The molecular weight excluding hydrogens is 284 g/mol. The zero-order valence-electron chi connectivity index (χ0n) is 12.5. The second-order valence-corrected chi connectivity index (χ2v) is 5.73. The van der Waals surface area contributed by atoms with E-state index in [1.807, 2.05) is 13.0 Å². The van der Waals surface area contributed by atoms with Crippen LogP contribution in [0.3, 0.4) is 0 Å². The summed E-state index contributed by atoms with van der Waals surface area (Å²) in [5.41, 5.74) is 5.12. The van der Waals surface area contributed by atoms with E-state index in [9.17, 15) is 0 Å². The third-order valence-corrected chi connectivity index (χ3v) is 3.94. The average molecular weight is 304 g/mol. The zero-order valence-corrected chi connectivity index (χ0v) is 13.3. The summed E-state index contributed by atoms with van der Waals surface area (Å²) in [6, 6.07) is 8.18. The molecule has 0 aliphatic rings. The third kappa shape index (κ3) is 4.42. The van der Waals surface area contributed by atoms with Crippen LogP contribution in [0.2, 0.25) is 0 Å². The maximum absolute atomic E-state index is 5.46. The van der Waals surface area contributed by atoms with Crippen LogP contribution in [0.25, 0.3) is 0 Å². The Kier molecular flexibility index (Phi) is 5.55. The first-order valence-corrected chi connectivity index (χ1v) is 7.61. The number of nitrogens with zero attached hydrogens (tertiary/aromatic N) is 2. The molecule has 3 N–H and O–H groups in total. The summed E-state index contributed by atoms with van der Waals surface area (Å²) in [5.74, 6) is 6.68. The summed E-state index contributed by atoms with van der Waals surface area (Å²) in [5, 5.41) is 0.843. The van der Waals surface area contributed by atoms with E-state index < -0.39 is 0 Å². The lowest BCUT2D eigenvalue weighted by atomic mass is 10.1. The highest BCUT2D eigenvalue weighted by molar-refractivity contribution is 7.99. The molecule has 0 aliphatic carbocycles. The van der Waals surface area contributed by atoms with Crippen molar-refractivity contribution in [3.63, 3.8) is 0 Å². The molecule has 112 valence electrons. The number of benzene rings is 1. The number of nitrogen functional groups attached to an aromatic ring is 1. The standard InChI is InChI=1S/C15H20N4OS/c1-4-20-9-14-17-13(19-16)8-15(18-14)21-12-6-5-10(2)11(3)7-12/h5-8H,4,9,16H2,1-3H3,(H,17,18,19). The SMILES string of the molecule is CCOCc1nc(NN)cc(Sc2ccc(C)c(C)c2)n1. The largest absolute Gasteiger partial charge is 0.374 e. The fourth-order valence-corrected chi connectivity index (χ4v) is 2.69. The predicted molar refractivity (Wildman–Crippen MR) is 85.2 cm³/mol. The number of hydrogen-bond acceptors (Lipinski definition) is 6. The Bertz CT molecular complexity index is 619. The van der Waals surface area contributed by atoms with Gasteiger partial charge in [0, 0.05) is 17.6 Å². The van der Waals surface area contributed by atoms with Gasteiger partial charge in [0.05, 0.1) is 0 Å². The highest BCUT2D eigenvalue weighted by atomic mass is 32.2. The molecule has 0 fully saturated rings. The Balaban J connectivity index is 2.23. The molecule has 1 aromatic heterocycles. The highest BCUT2D eigenvalue weighted by Crippen LogP contribution is 2.28. The van der Waals surface area contributed by atoms with E-state index in [-0.39, 0.29) is 0 Å². The monoisotopic (exact) mass is 304 g/mol. The maximum Gasteiger partial charge on any atom is 0.157 e. The minimum atomic E-state index is 0.381. The van der Waals surface area contributed by atoms with E-state index in [1.165, 1.54) is 11.1 Å². The molecule has 1 aromatic carbocycles. The molecule has 21 heavy (non-hydrogen) atoms. The number of aryl methyl sites for hydroxylation is 2. The van der Waals surface area contributed by atoms with Gasteiger partial charge in [-0.05, 0) is 44.0 Å². The number of hydrazine groups is 1. The molecule has 1 heterocycles. The minimum absolute atomic E-state index is 0.381. The van der Waals surface area contributed by atoms with E-state index in [2.05, 4.69) is 47.4 Å². The number of aromatic nitrogens is 2. The molecule has 0 saturated heterocycles. The molecule has 0 radical (unpaired) electrons. The first kappa shape index (κ1) is 15.8. The number of ether oxygens (including phenoxy) is 1. The molecule has 0 saturated carbocycles. The van der Waals surface area contributed by atoms with Crippen LogP contribution in [0, 0.1) is 13.8 Å². The van der Waals surface area contributed by atoms with E-state index in [0.717, 1.165) is 9.92 Å². The minimum Gasteiger partial charge on any atom is -0.374 e. The molecule has 2 rings (SSSR count). The van der Waals surface area contributed by atoms with Crippen LogP contribution in [0.5, 0.6) is 0 Å². The van der Waals surface area contributed by atoms with Crippen LogP contribution < -0.4 is 11.3 Å². The lowest BCUT2D eigenvalue weighted by molar-refractivity contribution is 0.128. The molecule has 0 spiro atoms. The van der Waals surface area contributed by atoms with Gasteiger partial charge in [0.25, 0.3) is 0 Å². The van der Waals surface area contributed by atoms with Gasteiger partial charge in [-0.2, -0.15) is 0 Å². The van der Waals surface area contributed by atoms with Gasteiger partial charge in [-0.1, -0.05) is 17.8 Å². The van der Waals surface area contributed by atoms with Crippen LogP contribution in [0.15, 0.2) is 34.2 Å². The van der Waals surface area contributed by atoms with Gasteiger partial charge in [-0.25, -0.2) is 15.8 Å². The average Bonchev–Trinajstić information content (AvgIpc) is 2.48. The molecule has 2 aromatic rings. The van der Waals surface area contributed by atoms with Gasteiger partial charge < -0.3 is 10.2 Å². The second-order valence-electron chi connectivity index (χ2n) is 4.64. The summed E-state index contributed by atoms with van der Waals surface area (Å²) >= 11 is 1.59. The van der Waals surface area contributed by atoms with Gasteiger partial charge >= 0.3 is 0 Å². The number of nitrogens with two attached hydrogens (primary N) is 1.